The summed E-state index contributed by atoms with van der Waals surface area (Å²) < 4.78 is 4.81. The van der Waals surface area contributed by atoms with E-state index in [0.29, 0.717) is 18.8 Å². The zero-order valence-electron chi connectivity index (χ0n) is 9.32. The summed E-state index contributed by atoms with van der Waals surface area (Å²) in [5, 5.41) is 6.18. The van der Waals surface area contributed by atoms with Gasteiger partial charge in [-0.2, -0.15) is 4.98 Å². The molecule has 0 saturated heterocycles. The Morgan fingerprint density at radius 2 is 2.38 bits per heavy atom. The molecule has 1 aliphatic rings. The molecule has 0 atom stereocenters. The Balaban J connectivity index is 1.89. The van der Waals surface area contributed by atoms with Crippen LogP contribution in [-0.2, 0) is 4.79 Å². The average molecular weight is 224 g/mol. The number of aromatic nitrogens is 2. The minimum absolute atomic E-state index is 0.000844. The smallest absolute Gasteiger partial charge is 0.328 e. The summed E-state index contributed by atoms with van der Waals surface area (Å²) in [5.74, 6) is 0.404. The van der Waals surface area contributed by atoms with Gasteiger partial charge >= 0.3 is 6.01 Å². The Kier molecular flexibility index (Phi) is 2.91. The van der Waals surface area contributed by atoms with E-state index < -0.39 is 0 Å². The van der Waals surface area contributed by atoms with Crippen LogP contribution < -0.4 is 11.1 Å². The number of carbonyl (C=O) groups is 1. The van der Waals surface area contributed by atoms with Gasteiger partial charge in [0.1, 0.15) is 0 Å². The molecule has 1 heterocycles. The van der Waals surface area contributed by atoms with Gasteiger partial charge in [-0.25, -0.2) is 0 Å². The molecular formula is C10H16N4O2. The average Bonchev–Trinajstić information content (AvgIpc) is 2.57. The third-order valence-electron chi connectivity index (χ3n) is 3.16. The Bertz CT molecular complexity index is 378. The van der Waals surface area contributed by atoms with E-state index >= 15 is 0 Å². The van der Waals surface area contributed by atoms with Crippen molar-refractivity contribution in [3.05, 3.63) is 5.82 Å². The highest BCUT2D eigenvalue weighted by Crippen LogP contribution is 2.42. The van der Waals surface area contributed by atoms with E-state index in [1.165, 1.54) is 0 Å². The highest BCUT2D eigenvalue weighted by molar-refractivity contribution is 5.89. The largest absolute Gasteiger partial charge is 0.330 e. The Labute approximate surface area is 93.6 Å². The van der Waals surface area contributed by atoms with Crippen molar-refractivity contribution in [1.82, 2.24) is 10.1 Å². The Morgan fingerprint density at radius 1 is 1.62 bits per heavy atom. The molecule has 6 nitrogen and oxygen atoms in total. The first kappa shape index (κ1) is 11.1. The predicted molar refractivity (Wildman–Crippen MR) is 57.6 cm³/mol. The van der Waals surface area contributed by atoms with Crippen LogP contribution in [0.1, 0.15) is 31.5 Å². The SMILES string of the molecule is Cc1noc(NC(=O)CC2(CN)CCC2)n1. The molecular weight excluding hydrogens is 208 g/mol. The van der Waals surface area contributed by atoms with Crippen molar-refractivity contribution < 1.29 is 9.32 Å². The molecule has 1 aromatic heterocycles. The molecule has 2 rings (SSSR count). The van der Waals surface area contributed by atoms with Crippen molar-refractivity contribution in [1.29, 1.82) is 0 Å². The van der Waals surface area contributed by atoms with Gasteiger partial charge in [0, 0.05) is 6.42 Å². The van der Waals surface area contributed by atoms with Crippen LogP contribution >= 0.6 is 0 Å². The molecule has 0 aliphatic heterocycles. The third kappa shape index (κ3) is 2.21. The highest BCUT2D eigenvalue weighted by atomic mass is 16.5. The van der Waals surface area contributed by atoms with Gasteiger partial charge in [0.05, 0.1) is 0 Å². The van der Waals surface area contributed by atoms with Crippen LogP contribution in [0.15, 0.2) is 4.52 Å². The quantitative estimate of drug-likeness (QED) is 0.790. The normalized spacial score (nSPS) is 17.9. The summed E-state index contributed by atoms with van der Waals surface area (Å²) >= 11 is 0. The van der Waals surface area contributed by atoms with Gasteiger partial charge in [0.25, 0.3) is 0 Å². The van der Waals surface area contributed by atoms with Gasteiger partial charge in [-0.1, -0.05) is 11.6 Å². The standard InChI is InChI=1S/C10H16N4O2/c1-7-12-9(16-14-7)13-8(15)5-10(6-11)3-2-4-10/h2-6,11H2,1H3,(H,12,13,14,15). The maximum atomic E-state index is 11.7. The minimum Gasteiger partial charge on any atom is -0.330 e. The van der Waals surface area contributed by atoms with Crippen molar-refractivity contribution >= 4 is 11.9 Å². The second-order valence-electron chi connectivity index (χ2n) is 4.43. The van der Waals surface area contributed by atoms with Crippen LogP contribution in [0.3, 0.4) is 0 Å². The number of nitrogens with two attached hydrogens (primary N) is 1. The van der Waals surface area contributed by atoms with Crippen molar-refractivity contribution in [3.63, 3.8) is 0 Å². The van der Waals surface area contributed by atoms with Crippen molar-refractivity contribution in [2.24, 2.45) is 11.1 Å². The van der Waals surface area contributed by atoms with E-state index in [-0.39, 0.29) is 17.3 Å². The van der Waals surface area contributed by atoms with E-state index in [0.717, 1.165) is 19.3 Å². The van der Waals surface area contributed by atoms with Crippen molar-refractivity contribution in [2.75, 3.05) is 11.9 Å². The van der Waals surface area contributed by atoms with E-state index in [2.05, 4.69) is 15.5 Å². The molecule has 16 heavy (non-hydrogen) atoms. The van der Waals surface area contributed by atoms with E-state index in [1.807, 2.05) is 0 Å². The lowest BCUT2D eigenvalue weighted by molar-refractivity contribution is -0.119. The van der Waals surface area contributed by atoms with Crippen molar-refractivity contribution in [2.45, 2.75) is 32.6 Å². The number of aryl methyl sites for hydroxylation is 1. The van der Waals surface area contributed by atoms with Crippen LogP contribution in [-0.4, -0.2) is 22.6 Å². The molecule has 1 amide bonds. The monoisotopic (exact) mass is 224 g/mol. The number of rotatable bonds is 4. The van der Waals surface area contributed by atoms with Gasteiger partial charge in [-0.3, -0.25) is 10.1 Å². The van der Waals surface area contributed by atoms with Crippen LogP contribution in [0, 0.1) is 12.3 Å². The van der Waals surface area contributed by atoms with E-state index in [4.69, 9.17) is 10.3 Å². The third-order valence-corrected chi connectivity index (χ3v) is 3.16. The predicted octanol–water partition coefficient (Wildman–Crippen LogP) is 0.836. The number of hydrogen-bond donors (Lipinski definition) is 2. The summed E-state index contributed by atoms with van der Waals surface area (Å²) in [6.45, 7) is 2.26. The number of anilines is 1. The molecule has 1 aliphatic carbocycles. The second kappa shape index (κ2) is 4.21. The van der Waals surface area contributed by atoms with Gasteiger partial charge in [-0.15, -0.1) is 0 Å². The Hall–Kier alpha value is -1.43. The van der Waals surface area contributed by atoms with Gasteiger partial charge < -0.3 is 10.3 Å². The van der Waals surface area contributed by atoms with Gasteiger partial charge in [0.2, 0.25) is 5.91 Å². The number of nitrogens with one attached hydrogen (secondary N) is 1. The lowest BCUT2D eigenvalue weighted by atomic mass is 9.66. The summed E-state index contributed by atoms with van der Waals surface area (Å²) in [6, 6.07) is 0.161. The van der Waals surface area contributed by atoms with Crippen LogP contribution in [0.2, 0.25) is 0 Å². The lowest BCUT2D eigenvalue weighted by Gasteiger charge is -2.40. The molecule has 0 radical (unpaired) electrons. The van der Waals surface area contributed by atoms with Crippen molar-refractivity contribution in [3.8, 4) is 0 Å². The first-order valence-electron chi connectivity index (χ1n) is 5.44. The summed E-state index contributed by atoms with van der Waals surface area (Å²) in [4.78, 5) is 15.6. The summed E-state index contributed by atoms with van der Waals surface area (Å²) in [7, 11) is 0. The molecule has 1 aromatic rings. The molecule has 0 spiro atoms. The van der Waals surface area contributed by atoms with Crippen LogP contribution in [0.25, 0.3) is 0 Å². The molecule has 0 unspecified atom stereocenters. The first-order chi connectivity index (χ1) is 7.63. The maximum absolute atomic E-state index is 11.7. The zero-order valence-corrected chi connectivity index (χ0v) is 9.32. The topological polar surface area (TPSA) is 94.0 Å². The van der Waals surface area contributed by atoms with Crippen LogP contribution in [0.4, 0.5) is 6.01 Å². The van der Waals surface area contributed by atoms with Gasteiger partial charge in [0.15, 0.2) is 5.82 Å². The lowest BCUT2D eigenvalue weighted by Crippen LogP contribution is -2.40. The number of nitrogens with zero attached hydrogens (tertiary/aromatic N) is 2. The molecule has 0 aromatic carbocycles. The van der Waals surface area contributed by atoms with E-state index in [9.17, 15) is 4.79 Å². The molecule has 1 fully saturated rings. The maximum Gasteiger partial charge on any atom is 0.328 e. The fourth-order valence-corrected chi connectivity index (χ4v) is 1.98. The highest BCUT2D eigenvalue weighted by Gasteiger charge is 2.37. The number of amides is 1. The van der Waals surface area contributed by atoms with E-state index in [1.54, 1.807) is 6.92 Å². The zero-order chi connectivity index (χ0) is 11.6. The Morgan fingerprint density at radius 3 is 2.81 bits per heavy atom. The molecule has 6 heteroatoms. The van der Waals surface area contributed by atoms with Crippen LogP contribution in [0.5, 0.6) is 0 Å². The summed E-state index contributed by atoms with van der Waals surface area (Å²) in [6.07, 6.45) is 3.65. The molecule has 88 valence electrons. The number of hydrogen-bond acceptors (Lipinski definition) is 5. The second-order valence-corrected chi connectivity index (χ2v) is 4.43. The molecule has 3 N–H and O–H groups in total. The minimum atomic E-state index is -0.103. The first-order valence-corrected chi connectivity index (χ1v) is 5.44. The fraction of sp³-hybridized carbons (Fsp3) is 0.700. The molecule has 0 bridgehead atoms. The van der Waals surface area contributed by atoms with Gasteiger partial charge in [-0.05, 0) is 31.7 Å². The fourth-order valence-electron chi connectivity index (χ4n) is 1.98. The molecule has 1 saturated carbocycles. The summed E-state index contributed by atoms with van der Waals surface area (Å²) in [5.41, 5.74) is 5.68. The number of carbonyl (C=O) groups excluding carboxylic acids is 1.